The van der Waals surface area contributed by atoms with Crippen molar-refractivity contribution in [3.63, 3.8) is 0 Å². The van der Waals surface area contributed by atoms with Crippen molar-refractivity contribution in [2.45, 2.75) is 46.1 Å². The quantitative estimate of drug-likeness (QED) is 0.880. The van der Waals surface area contributed by atoms with E-state index in [9.17, 15) is 9.59 Å². The van der Waals surface area contributed by atoms with Crippen LogP contribution in [-0.2, 0) is 9.53 Å². The lowest BCUT2D eigenvalue weighted by Gasteiger charge is -2.19. The highest BCUT2D eigenvalue weighted by Gasteiger charge is 2.16. The minimum Gasteiger partial charge on any atom is -0.444 e. The molecule has 0 aliphatic heterocycles. The van der Waals surface area contributed by atoms with E-state index in [1.54, 1.807) is 45.0 Å². The highest BCUT2D eigenvalue weighted by Crippen LogP contribution is 2.17. The van der Waals surface area contributed by atoms with Crippen LogP contribution in [0.15, 0.2) is 24.3 Å². The van der Waals surface area contributed by atoms with Crippen LogP contribution >= 0.6 is 0 Å². The number of nitrogens with one attached hydrogen (secondary N) is 2. The maximum absolute atomic E-state index is 11.6. The van der Waals surface area contributed by atoms with E-state index < -0.39 is 11.7 Å². The normalized spacial score (nSPS) is 10.8. The van der Waals surface area contributed by atoms with Gasteiger partial charge in [-0.3, -0.25) is 10.1 Å². The van der Waals surface area contributed by atoms with E-state index in [0.29, 0.717) is 17.8 Å². The largest absolute Gasteiger partial charge is 0.444 e. The lowest BCUT2D eigenvalue weighted by Crippen LogP contribution is -2.27. The number of ether oxygens (including phenoxy) is 1. The topological polar surface area (TPSA) is 67.4 Å². The van der Waals surface area contributed by atoms with Gasteiger partial charge in [-0.05, 0) is 45.4 Å². The van der Waals surface area contributed by atoms with Crippen LogP contribution in [0.1, 0.15) is 40.5 Å². The van der Waals surface area contributed by atoms with Gasteiger partial charge >= 0.3 is 6.09 Å². The Morgan fingerprint density at radius 3 is 2.30 bits per heavy atom. The van der Waals surface area contributed by atoms with E-state index in [1.165, 1.54) is 0 Å². The van der Waals surface area contributed by atoms with Gasteiger partial charge in [0, 0.05) is 17.8 Å². The summed E-state index contributed by atoms with van der Waals surface area (Å²) in [7, 11) is 0. The minimum atomic E-state index is -0.545. The summed E-state index contributed by atoms with van der Waals surface area (Å²) >= 11 is 0. The molecule has 5 heteroatoms. The number of hydrogen-bond acceptors (Lipinski definition) is 3. The molecule has 1 aromatic rings. The van der Waals surface area contributed by atoms with Gasteiger partial charge < -0.3 is 10.1 Å². The molecule has 0 atom stereocenters. The summed E-state index contributed by atoms with van der Waals surface area (Å²) in [6.07, 6.45) is 0.750. The number of rotatable bonds is 4. The second-order valence-corrected chi connectivity index (χ2v) is 5.51. The number of amides is 2. The Morgan fingerprint density at radius 1 is 1.15 bits per heavy atom. The summed E-state index contributed by atoms with van der Waals surface area (Å²) in [6.45, 7) is 7.34. The Bertz CT molecular complexity index is 478. The molecule has 0 heterocycles. The maximum atomic E-state index is 11.6. The Hall–Kier alpha value is -2.04. The fraction of sp³-hybridized carbons (Fsp3) is 0.467. The van der Waals surface area contributed by atoms with Crippen molar-refractivity contribution in [1.82, 2.24) is 0 Å². The molecule has 0 saturated heterocycles. The molecule has 0 aromatic heterocycles. The first-order valence-electron chi connectivity index (χ1n) is 6.70. The number of benzene rings is 1. The van der Waals surface area contributed by atoms with Crippen LogP contribution in [0.25, 0.3) is 0 Å². The molecular formula is C15H22N2O3. The summed E-state index contributed by atoms with van der Waals surface area (Å²) < 4.78 is 5.16. The van der Waals surface area contributed by atoms with Crippen LogP contribution in [0.4, 0.5) is 16.2 Å². The van der Waals surface area contributed by atoms with Crippen LogP contribution < -0.4 is 10.6 Å². The van der Waals surface area contributed by atoms with Gasteiger partial charge in [0.1, 0.15) is 5.60 Å². The molecule has 0 radical (unpaired) electrons. The SMILES string of the molecule is CCCC(=O)Nc1cccc(NC(=O)OC(C)(C)C)c1. The van der Waals surface area contributed by atoms with E-state index in [2.05, 4.69) is 10.6 Å². The lowest BCUT2D eigenvalue weighted by molar-refractivity contribution is -0.116. The molecule has 20 heavy (non-hydrogen) atoms. The lowest BCUT2D eigenvalue weighted by atomic mass is 10.2. The number of anilines is 2. The fourth-order valence-electron chi connectivity index (χ4n) is 1.55. The Labute approximate surface area is 119 Å². The van der Waals surface area contributed by atoms with E-state index >= 15 is 0 Å². The van der Waals surface area contributed by atoms with Crippen molar-refractivity contribution in [2.75, 3.05) is 10.6 Å². The van der Waals surface area contributed by atoms with Crippen LogP contribution in [0.5, 0.6) is 0 Å². The molecule has 5 nitrogen and oxygen atoms in total. The van der Waals surface area contributed by atoms with Gasteiger partial charge in [0.2, 0.25) is 5.91 Å². The van der Waals surface area contributed by atoms with Gasteiger partial charge in [-0.15, -0.1) is 0 Å². The second kappa shape index (κ2) is 6.93. The molecule has 1 rings (SSSR count). The molecule has 110 valence electrons. The smallest absolute Gasteiger partial charge is 0.412 e. The van der Waals surface area contributed by atoms with Crippen molar-refractivity contribution in [1.29, 1.82) is 0 Å². The highest BCUT2D eigenvalue weighted by molar-refractivity contribution is 5.92. The zero-order chi connectivity index (χ0) is 15.2. The average molecular weight is 278 g/mol. The van der Waals surface area contributed by atoms with Crippen molar-refractivity contribution in [3.05, 3.63) is 24.3 Å². The first-order valence-corrected chi connectivity index (χ1v) is 6.70. The van der Waals surface area contributed by atoms with Crippen molar-refractivity contribution in [2.24, 2.45) is 0 Å². The summed E-state index contributed by atoms with van der Waals surface area (Å²) in [5.74, 6) is -0.0399. The Kier molecular flexibility index (Phi) is 5.55. The van der Waals surface area contributed by atoms with E-state index in [4.69, 9.17) is 4.74 Å². The van der Waals surface area contributed by atoms with Gasteiger partial charge in [-0.1, -0.05) is 13.0 Å². The molecule has 0 bridgehead atoms. The zero-order valence-electron chi connectivity index (χ0n) is 12.4. The third-order valence-corrected chi connectivity index (χ3v) is 2.27. The van der Waals surface area contributed by atoms with E-state index in [1.807, 2.05) is 6.92 Å². The second-order valence-electron chi connectivity index (χ2n) is 5.51. The van der Waals surface area contributed by atoms with Gasteiger partial charge in [-0.25, -0.2) is 4.79 Å². The number of hydrogen-bond donors (Lipinski definition) is 2. The molecule has 0 fully saturated rings. The third-order valence-electron chi connectivity index (χ3n) is 2.27. The molecule has 1 aromatic carbocycles. The molecular weight excluding hydrogens is 256 g/mol. The van der Waals surface area contributed by atoms with Crippen molar-refractivity contribution >= 4 is 23.4 Å². The van der Waals surface area contributed by atoms with Crippen LogP contribution in [0.2, 0.25) is 0 Å². The summed E-state index contributed by atoms with van der Waals surface area (Å²) in [5.41, 5.74) is 0.683. The first-order chi connectivity index (χ1) is 9.30. The van der Waals surface area contributed by atoms with E-state index in [0.717, 1.165) is 6.42 Å². The Balaban J connectivity index is 2.64. The van der Waals surface area contributed by atoms with Gasteiger partial charge in [0.25, 0.3) is 0 Å². The van der Waals surface area contributed by atoms with Crippen molar-refractivity contribution in [3.8, 4) is 0 Å². The summed E-state index contributed by atoms with van der Waals surface area (Å²) in [4.78, 5) is 23.2. The van der Waals surface area contributed by atoms with Crippen molar-refractivity contribution < 1.29 is 14.3 Å². The first kappa shape index (κ1) is 16.0. The van der Waals surface area contributed by atoms with Crippen LogP contribution in [0.3, 0.4) is 0 Å². The molecule has 2 amide bonds. The zero-order valence-corrected chi connectivity index (χ0v) is 12.4. The summed E-state index contributed by atoms with van der Waals surface area (Å²) in [5, 5.41) is 5.41. The average Bonchev–Trinajstić information content (AvgIpc) is 2.26. The molecule has 0 saturated carbocycles. The summed E-state index contributed by atoms with van der Waals surface area (Å²) in [6, 6.07) is 6.96. The van der Waals surface area contributed by atoms with Gasteiger partial charge in [-0.2, -0.15) is 0 Å². The minimum absolute atomic E-state index is 0.0399. The molecule has 2 N–H and O–H groups in total. The number of carbonyl (C=O) groups is 2. The van der Waals surface area contributed by atoms with E-state index in [-0.39, 0.29) is 5.91 Å². The standard InChI is InChI=1S/C15H22N2O3/c1-5-7-13(18)16-11-8-6-9-12(10-11)17-14(19)20-15(2,3)4/h6,8-10H,5,7H2,1-4H3,(H,16,18)(H,17,19). The monoisotopic (exact) mass is 278 g/mol. The van der Waals surface area contributed by atoms with Crippen LogP contribution in [-0.4, -0.2) is 17.6 Å². The molecule has 0 aliphatic carbocycles. The fourth-order valence-corrected chi connectivity index (χ4v) is 1.55. The molecule has 0 spiro atoms. The highest BCUT2D eigenvalue weighted by atomic mass is 16.6. The maximum Gasteiger partial charge on any atom is 0.412 e. The Morgan fingerprint density at radius 2 is 1.75 bits per heavy atom. The van der Waals surface area contributed by atoms with Gasteiger partial charge in [0.05, 0.1) is 0 Å². The number of carbonyl (C=O) groups excluding carboxylic acids is 2. The van der Waals surface area contributed by atoms with Gasteiger partial charge in [0.15, 0.2) is 0 Å². The third kappa shape index (κ3) is 6.22. The van der Waals surface area contributed by atoms with Crippen LogP contribution in [0, 0.1) is 0 Å². The predicted octanol–water partition coefficient (Wildman–Crippen LogP) is 3.77. The predicted molar refractivity (Wildman–Crippen MR) is 79.8 cm³/mol. The molecule has 0 unspecified atom stereocenters. The molecule has 0 aliphatic rings.